The third kappa shape index (κ3) is 11.6. The molecule has 0 saturated carbocycles. The second-order valence-corrected chi connectivity index (χ2v) is 8.02. The molecule has 2 aromatic carbocycles. The number of halogens is 1. The van der Waals surface area contributed by atoms with Gasteiger partial charge in [0.25, 0.3) is 0 Å². The maximum atomic E-state index is 13.2. The number of hydrogen-bond donors (Lipinski definition) is 4. The van der Waals surface area contributed by atoms with Crippen molar-refractivity contribution in [1.29, 1.82) is 0 Å². The number of carbonyl (C=O) groups is 3. The van der Waals surface area contributed by atoms with Gasteiger partial charge in [-0.05, 0) is 30.5 Å². The number of ketones is 1. The van der Waals surface area contributed by atoms with Crippen LogP contribution in [0.25, 0.3) is 0 Å². The Kier molecular flexibility index (Phi) is 14.6. The second kappa shape index (κ2) is 17.2. The quantitative estimate of drug-likeness (QED) is 0.273. The van der Waals surface area contributed by atoms with E-state index in [0.29, 0.717) is 13.0 Å². The largest absolute Gasteiger partial charge is 0.445 e. The van der Waals surface area contributed by atoms with E-state index in [9.17, 15) is 18.8 Å². The van der Waals surface area contributed by atoms with Crippen LogP contribution < -0.4 is 21.3 Å². The number of alkyl carbamates (subject to hydrolysis) is 2. The van der Waals surface area contributed by atoms with Crippen LogP contribution in [-0.4, -0.2) is 52.7 Å². The van der Waals surface area contributed by atoms with E-state index < -0.39 is 39.6 Å². The van der Waals surface area contributed by atoms with Crippen LogP contribution in [0.2, 0.25) is 0 Å². The maximum absolute atomic E-state index is 13.2. The maximum Gasteiger partial charge on any atom is 0.408 e. The highest BCUT2D eigenvalue weighted by Gasteiger charge is 2.30. The van der Waals surface area contributed by atoms with Crippen LogP contribution in [0.3, 0.4) is 0 Å². The van der Waals surface area contributed by atoms with E-state index in [-0.39, 0.29) is 38.6 Å². The number of ether oxygens (including phenoxy) is 2. The molecule has 0 bridgehead atoms. The average molecular weight is 523 g/mol. The number of nitrogens with one attached hydrogen (secondary N) is 3. The van der Waals surface area contributed by atoms with Gasteiger partial charge in [-0.1, -0.05) is 60.7 Å². The molecule has 2 rings (SSSR count). The van der Waals surface area contributed by atoms with Gasteiger partial charge in [0.2, 0.25) is 0 Å². The third-order valence-electron chi connectivity index (χ3n) is 4.80. The van der Waals surface area contributed by atoms with Crippen molar-refractivity contribution in [2.45, 2.75) is 38.1 Å². The molecular weight excluding hydrogens is 492 g/mol. The van der Waals surface area contributed by atoms with E-state index in [1.165, 1.54) is 0 Å². The van der Waals surface area contributed by atoms with Gasteiger partial charge < -0.3 is 35.3 Å². The molecule has 35 heavy (non-hydrogen) atoms. The van der Waals surface area contributed by atoms with Crippen molar-refractivity contribution >= 4 is 39.9 Å². The molecule has 2 amide bonds. The van der Waals surface area contributed by atoms with Crippen LogP contribution in [0.5, 0.6) is 0 Å². The summed E-state index contributed by atoms with van der Waals surface area (Å²) in [6, 6.07) is 16.1. The fourth-order valence-corrected chi connectivity index (χ4v) is 3.39. The van der Waals surface area contributed by atoms with E-state index in [2.05, 4.69) is 15.6 Å². The molecule has 190 valence electrons. The lowest BCUT2D eigenvalue weighted by molar-refractivity contribution is -0.123. The summed E-state index contributed by atoms with van der Waals surface area (Å²) in [4.78, 5) is 40.4. The van der Waals surface area contributed by atoms with Crippen molar-refractivity contribution in [3.8, 4) is 0 Å². The molecule has 0 aliphatic rings. The minimum Gasteiger partial charge on any atom is -0.445 e. The summed E-state index contributed by atoms with van der Waals surface area (Å²) in [7, 11) is -1.35. The molecule has 12 heteroatoms. The van der Waals surface area contributed by atoms with Gasteiger partial charge in [0, 0.05) is 6.54 Å². The number of nitrogens with two attached hydrogens (primary N) is 1. The van der Waals surface area contributed by atoms with Gasteiger partial charge in [0.05, 0.1) is 6.04 Å². The zero-order chi connectivity index (χ0) is 24.6. The molecule has 0 aliphatic carbocycles. The first-order valence-electron chi connectivity index (χ1n) is 10.9. The van der Waals surface area contributed by atoms with E-state index in [4.69, 9.17) is 15.2 Å². The topological polar surface area (TPSA) is 149 Å². The van der Waals surface area contributed by atoms with Gasteiger partial charge in [-0.2, -0.15) is 0 Å². The monoisotopic (exact) mass is 522 g/mol. The molecule has 0 heterocycles. The van der Waals surface area contributed by atoms with Crippen LogP contribution in [-0.2, 0) is 31.9 Å². The third-order valence-corrected chi connectivity index (χ3v) is 5.20. The normalized spacial score (nSPS) is 11.7. The van der Waals surface area contributed by atoms with Crippen molar-refractivity contribution in [2.24, 2.45) is 5.73 Å². The summed E-state index contributed by atoms with van der Waals surface area (Å²) in [5, 5.41) is 5.04. The molecular formula is C23H31ClN4O6Si. The fourth-order valence-electron chi connectivity index (χ4n) is 3.05. The average Bonchev–Trinajstić information content (AvgIpc) is 2.87. The smallest absolute Gasteiger partial charge is 0.408 e. The van der Waals surface area contributed by atoms with Gasteiger partial charge in [-0.3, -0.25) is 4.79 Å². The first kappa shape index (κ1) is 29.7. The predicted molar refractivity (Wildman–Crippen MR) is 133 cm³/mol. The number of carbonyl (C=O) groups excluding carboxylic acids is 3. The van der Waals surface area contributed by atoms with Gasteiger partial charge in [0.1, 0.15) is 19.3 Å². The SMILES string of the molecule is Cl.NCCC[C@@H](NC(=O)OCc1ccccc1)C(=O)C(CN[SiH]=O)NC(=O)OCc1ccccc1. The van der Waals surface area contributed by atoms with E-state index >= 15 is 0 Å². The van der Waals surface area contributed by atoms with Crippen LogP contribution in [0.1, 0.15) is 24.0 Å². The zero-order valence-corrected chi connectivity index (χ0v) is 21.2. The molecule has 0 aromatic heterocycles. The highest BCUT2D eigenvalue weighted by Crippen LogP contribution is 2.06. The lowest BCUT2D eigenvalue weighted by Gasteiger charge is -2.24. The van der Waals surface area contributed by atoms with E-state index in [1.54, 1.807) is 12.1 Å². The second-order valence-electron chi connectivity index (χ2n) is 7.38. The van der Waals surface area contributed by atoms with Gasteiger partial charge in [0.15, 0.2) is 5.78 Å². The van der Waals surface area contributed by atoms with Crippen LogP contribution in [0, 0.1) is 0 Å². The highest BCUT2D eigenvalue weighted by molar-refractivity contribution is 6.13. The minimum absolute atomic E-state index is 0. The van der Waals surface area contributed by atoms with Crippen LogP contribution >= 0.6 is 12.4 Å². The molecule has 0 fully saturated rings. The Morgan fingerprint density at radius 1 is 0.829 bits per heavy atom. The molecule has 0 aliphatic heterocycles. The lowest BCUT2D eigenvalue weighted by Crippen LogP contribution is -2.55. The first-order chi connectivity index (χ1) is 16.5. The Hall–Kier alpha value is -3.28. The first-order valence-corrected chi connectivity index (χ1v) is 11.9. The number of hydrogen-bond acceptors (Lipinski definition) is 7. The molecule has 1 unspecified atom stereocenters. The van der Waals surface area contributed by atoms with Crippen LogP contribution in [0.4, 0.5) is 9.59 Å². The van der Waals surface area contributed by atoms with Crippen molar-refractivity contribution in [3.63, 3.8) is 0 Å². The lowest BCUT2D eigenvalue weighted by atomic mass is 10.0. The molecule has 10 nitrogen and oxygen atoms in total. The Labute approximate surface area is 212 Å². The summed E-state index contributed by atoms with van der Waals surface area (Å²) < 4.78 is 21.4. The minimum atomic E-state index is -1.35. The van der Waals surface area contributed by atoms with Crippen molar-refractivity contribution in [2.75, 3.05) is 13.1 Å². The Morgan fingerprint density at radius 3 is 1.77 bits per heavy atom. The summed E-state index contributed by atoms with van der Waals surface area (Å²) in [5.41, 5.74) is 7.16. The van der Waals surface area contributed by atoms with Gasteiger partial charge in [-0.15, -0.1) is 12.4 Å². The molecule has 0 spiro atoms. The Bertz CT molecular complexity index is 923. The Balaban J connectivity index is 0.00000612. The van der Waals surface area contributed by atoms with Crippen LogP contribution in [0.15, 0.2) is 60.7 Å². The van der Waals surface area contributed by atoms with E-state index in [1.807, 2.05) is 48.5 Å². The summed E-state index contributed by atoms with van der Waals surface area (Å²) in [5.74, 6) is -0.484. The zero-order valence-electron chi connectivity index (χ0n) is 19.2. The number of Topliss-reactive ketones (excluding diaryl/α,β-unsaturated/α-hetero) is 1. The van der Waals surface area contributed by atoms with Crippen molar-refractivity contribution in [1.82, 2.24) is 15.6 Å². The van der Waals surface area contributed by atoms with E-state index in [0.717, 1.165) is 11.1 Å². The van der Waals surface area contributed by atoms with Crippen molar-refractivity contribution in [3.05, 3.63) is 71.8 Å². The predicted octanol–water partition coefficient (Wildman–Crippen LogP) is 1.59. The summed E-state index contributed by atoms with van der Waals surface area (Å²) in [6.07, 6.45) is -0.876. The molecule has 0 saturated heterocycles. The molecule has 0 radical (unpaired) electrons. The summed E-state index contributed by atoms with van der Waals surface area (Å²) >= 11 is 0. The number of rotatable bonds is 14. The number of benzene rings is 2. The standard InChI is InChI=1S/C23H30N4O6Si.ClH/c24-13-7-12-19(26-22(29)32-15-17-8-3-1-4-9-17)21(28)20(14-25-34-31)27-23(30)33-16-18-10-5-2-6-11-18;/h1-6,8-11,19-20,25,34H,7,12-16,24H2,(H,26,29)(H,27,30);1H/t19-,20?;/m1./s1. The summed E-state index contributed by atoms with van der Waals surface area (Å²) in [6.45, 7) is 0.288. The highest BCUT2D eigenvalue weighted by atomic mass is 35.5. The molecule has 5 N–H and O–H groups in total. The molecule has 2 aromatic rings. The number of amides is 2. The van der Waals surface area contributed by atoms with Gasteiger partial charge in [-0.25, -0.2) is 9.59 Å². The van der Waals surface area contributed by atoms with Gasteiger partial charge >= 0.3 is 21.8 Å². The van der Waals surface area contributed by atoms with Crippen molar-refractivity contribution < 1.29 is 28.3 Å². The Morgan fingerprint density at radius 2 is 1.31 bits per heavy atom. The molecule has 2 atom stereocenters. The fraction of sp³-hybridized carbons (Fsp3) is 0.348.